The van der Waals surface area contributed by atoms with Gasteiger partial charge in [-0.05, 0) is 56.2 Å². The number of rotatable bonds is 7. The lowest BCUT2D eigenvalue weighted by Crippen LogP contribution is -2.51. The van der Waals surface area contributed by atoms with Crippen molar-refractivity contribution in [1.29, 1.82) is 0 Å². The van der Waals surface area contributed by atoms with Gasteiger partial charge in [0.1, 0.15) is 11.9 Å². The summed E-state index contributed by atoms with van der Waals surface area (Å²) in [4.78, 5) is 21.0. The van der Waals surface area contributed by atoms with Crippen LogP contribution in [0.15, 0.2) is 65.7 Å². The number of nitrogens with zero attached hydrogens (tertiary/aromatic N) is 3. The number of hydrogen-bond acceptors (Lipinski definition) is 8. The summed E-state index contributed by atoms with van der Waals surface area (Å²) in [7, 11) is 1.65. The minimum atomic E-state index is -0.440. The second kappa shape index (κ2) is 11.2. The van der Waals surface area contributed by atoms with E-state index in [1.807, 2.05) is 36.4 Å². The number of phenols is 2. The van der Waals surface area contributed by atoms with Crippen LogP contribution < -0.4 is 20.4 Å². The third kappa shape index (κ3) is 5.21. The first-order valence-electron chi connectivity index (χ1n) is 14.0. The summed E-state index contributed by atoms with van der Waals surface area (Å²) in [5.74, 6) is 0.0572. The first-order chi connectivity index (χ1) is 19.8. The highest BCUT2D eigenvalue weighted by molar-refractivity contribution is 6.30. The zero-order valence-electron chi connectivity index (χ0n) is 23.0. The zero-order chi connectivity index (χ0) is 28.7. The molecule has 41 heavy (non-hydrogen) atoms. The van der Waals surface area contributed by atoms with E-state index in [4.69, 9.17) is 21.3 Å². The minimum Gasteiger partial charge on any atom is -0.504 e. The molecule has 2 heterocycles. The number of hydrazine groups is 1. The number of aromatic hydroxyl groups is 2. The number of methoxy groups -OCH3 is 1. The summed E-state index contributed by atoms with van der Waals surface area (Å²) in [5.41, 5.74) is 7.76. The summed E-state index contributed by atoms with van der Waals surface area (Å²) in [6.07, 6.45) is 3.35. The van der Waals surface area contributed by atoms with Gasteiger partial charge in [-0.15, -0.1) is 0 Å². The number of aliphatic imine (C=N–C) groups is 1. The summed E-state index contributed by atoms with van der Waals surface area (Å²) < 4.78 is 5.61. The van der Waals surface area contributed by atoms with Crippen molar-refractivity contribution in [3.63, 3.8) is 0 Å². The molecular formula is C31H34ClN5O4. The van der Waals surface area contributed by atoms with Crippen molar-refractivity contribution in [1.82, 2.24) is 15.8 Å². The molecule has 1 amide bonds. The molecule has 0 spiro atoms. The smallest absolute Gasteiger partial charge is 0.222 e. The van der Waals surface area contributed by atoms with Crippen molar-refractivity contribution >= 4 is 28.9 Å². The van der Waals surface area contributed by atoms with Crippen LogP contribution in [0.25, 0.3) is 0 Å². The number of carbonyl (C=O) groups is 1. The second-order valence-corrected chi connectivity index (χ2v) is 11.2. The largest absolute Gasteiger partial charge is 0.504 e. The lowest BCUT2D eigenvalue weighted by atomic mass is 9.92. The van der Waals surface area contributed by atoms with E-state index in [0.29, 0.717) is 16.6 Å². The van der Waals surface area contributed by atoms with Crippen LogP contribution in [0.3, 0.4) is 0 Å². The van der Waals surface area contributed by atoms with E-state index in [9.17, 15) is 15.0 Å². The van der Waals surface area contributed by atoms with Gasteiger partial charge in [0, 0.05) is 40.0 Å². The van der Waals surface area contributed by atoms with Crippen LogP contribution in [0.2, 0.25) is 5.02 Å². The number of benzene rings is 3. The number of amides is 1. The molecule has 0 radical (unpaired) electrons. The molecule has 4 N–H and O–H groups in total. The van der Waals surface area contributed by atoms with Crippen molar-refractivity contribution in [2.45, 2.75) is 63.6 Å². The maximum Gasteiger partial charge on any atom is 0.222 e. The van der Waals surface area contributed by atoms with Crippen LogP contribution in [0.1, 0.15) is 49.3 Å². The summed E-state index contributed by atoms with van der Waals surface area (Å²) >= 11 is 6.23. The van der Waals surface area contributed by atoms with E-state index in [-0.39, 0.29) is 42.7 Å². The van der Waals surface area contributed by atoms with Crippen molar-refractivity contribution < 1.29 is 19.7 Å². The fourth-order valence-electron chi connectivity index (χ4n) is 5.92. The molecule has 10 heteroatoms. The van der Waals surface area contributed by atoms with Crippen molar-refractivity contribution in [2.75, 3.05) is 12.0 Å². The molecule has 9 nitrogen and oxygen atoms in total. The van der Waals surface area contributed by atoms with Crippen LogP contribution in [-0.4, -0.2) is 58.4 Å². The van der Waals surface area contributed by atoms with E-state index in [2.05, 4.69) is 33.6 Å². The molecule has 6 rings (SSSR count). The molecular weight excluding hydrogens is 542 g/mol. The van der Waals surface area contributed by atoms with Crippen molar-refractivity contribution in [3.05, 3.63) is 82.4 Å². The van der Waals surface area contributed by atoms with E-state index >= 15 is 0 Å². The van der Waals surface area contributed by atoms with E-state index in [1.54, 1.807) is 19.2 Å². The lowest BCUT2D eigenvalue weighted by Gasteiger charge is -2.38. The van der Waals surface area contributed by atoms with Gasteiger partial charge in [0.25, 0.3) is 0 Å². The molecule has 1 saturated heterocycles. The van der Waals surface area contributed by atoms with E-state index < -0.39 is 6.04 Å². The Labute approximate surface area is 244 Å². The SMILES string of the molecule is COc1ccc2c(c1)C(c1ccc(Cl)cc1)=N[C@@H](CC(=O)NCc1cccc(O)c1O)C1NN(C3CCC3)C(C)N21. The minimum absolute atomic E-state index is 0.0343. The average Bonchev–Trinajstić information content (AvgIpc) is 3.20. The van der Waals surface area contributed by atoms with Crippen LogP contribution in [0.5, 0.6) is 17.2 Å². The third-order valence-electron chi connectivity index (χ3n) is 8.34. The van der Waals surface area contributed by atoms with Gasteiger partial charge >= 0.3 is 0 Å². The first-order valence-corrected chi connectivity index (χ1v) is 14.3. The lowest BCUT2D eigenvalue weighted by molar-refractivity contribution is -0.121. The Bertz CT molecular complexity index is 1480. The van der Waals surface area contributed by atoms with Crippen molar-refractivity contribution in [2.24, 2.45) is 4.99 Å². The van der Waals surface area contributed by atoms with Crippen LogP contribution in [0.4, 0.5) is 5.69 Å². The maximum atomic E-state index is 13.4. The Morgan fingerprint density at radius 2 is 1.93 bits per heavy atom. The molecule has 0 aromatic heterocycles. The highest BCUT2D eigenvalue weighted by Crippen LogP contribution is 2.40. The Kier molecular flexibility index (Phi) is 7.50. The number of nitrogens with one attached hydrogen (secondary N) is 2. The molecule has 2 unspecified atom stereocenters. The highest BCUT2D eigenvalue weighted by Gasteiger charge is 2.47. The molecule has 1 saturated carbocycles. The summed E-state index contributed by atoms with van der Waals surface area (Å²) in [6, 6.07) is 18.3. The van der Waals surface area contributed by atoms with Crippen molar-refractivity contribution in [3.8, 4) is 17.2 Å². The molecule has 3 aromatic rings. The van der Waals surface area contributed by atoms with E-state index in [0.717, 1.165) is 41.1 Å². The monoisotopic (exact) mass is 575 g/mol. The first kappa shape index (κ1) is 27.4. The third-order valence-corrected chi connectivity index (χ3v) is 8.59. The highest BCUT2D eigenvalue weighted by atomic mass is 35.5. The zero-order valence-corrected chi connectivity index (χ0v) is 23.8. The fourth-order valence-corrected chi connectivity index (χ4v) is 6.05. The van der Waals surface area contributed by atoms with Crippen LogP contribution in [-0.2, 0) is 11.3 Å². The predicted molar refractivity (Wildman–Crippen MR) is 158 cm³/mol. The number of para-hydroxylation sites is 1. The summed E-state index contributed by atoms with van der Waals surface area (Å²) in [6.45, 7) is 2.28. The molecule has 214 valence electrons. The maximum absolute atomic E-state index is 13.4. The summed E-state index contributed by atoms with van der Waals surface area (Å²) in [5, 5.41) is 25.9. The Balaban J connectivity index is 1.38. The molecule has 2 aliphatic heterocycles. The number of phenolic OH excluding ortho intramolecular Hbond substituents is 2. The van der Waals surface area contributed by atoms with Gasteiger partial charge in [-0.25, -0.2) is 10.4 Å². The number of anilines is 1. The van der Waals surface area contributed by atoms with E-state index in [1.165, 1.54) is 12.5 Å². The molecule has 3 aliphatic rings. The standard InChI is InChI=1S/C31H34ClN5O4/c1-18-36-26-14-13-23(41-2)15-24(26)29(19-9-11-21(32)12-10-19)34-25(31(36)35-37(18)22-6-4-7-22)16-28(39)33-17-20-5-3-8-27(38)30(20)40/h3,5,8-15,18,22,25,31,35,38,40H,4,6-7,16-17H2,1-2H3,(H,33,39)/t18?,25-,31?/m0/s1. The molecule has 3 aromatic carbocycles. The number of carbonyl (C=O) groups excluding carboxylic acids is 1. The Morgan fingerprint density at radius 1 is 1.15 bits per heavy atom. The Hall–Kier alpha value is -3.79. The predicted octanol–water partition coefficient (Wildman–Crippen LogP) is 4.54. The number of hydrogen-bond donors (Lipinski definition) is 4. The fraction of sp³-hybridized carbons (Fsp3) is 0.355. The van der Waals surface area contributed by atoms with Crippen LogP contribution in [0, 0.1) is 0 Å². The topological polar surface area (TPSA) is 110 Å². The molecule has 1 aliphatic carbocycles. The van der Waals surface area contributed by atoms with Gasteiger partial charge < -0.3 is 25.2 Å². The quantitative estimate of drug-likeness (QED) is 0.306. The number of ether oxygens (including phenoxy) is 1. The molecule has 3 atom stereocenters. The van der Waals surface area contributed by atoms with Crippen LogP contribution >= 0.6 is 11.6 Å². The number of halogens is 1. The average molecular weight is 576 g/mol. The normalized spacial score (nSPS) is 22.3. The van der Waals surface area contributed by atoms with Gasteiger partial charge in [0.2, 0.25) is 5.91 Å². The molecule has 0 bridgehead atoms. The Morgan fingerprint density at radius 3 is 2.63 bits per heavy atom. The van der Waals surface area contributed by atoms with Gasteiger partial charge in [0.05, 0.1) is 31.4 Å². The van der Waals surface area contributed by atoms with Gasteiger partial charge in [-0.1, -0.05) is 42.3 Å². The van der Waals surface area contributed by atoms with Gasteiger partial charge in [0.15, 0.2) is 11.5 Å². The van der Waals surface area contributed by atoms with Gasteiger partial charge in [-0.2, -0.15) is 0 Å². The second-order valence-electron chi connectivity index (χ2n) is 10.8. The number of fused-ring (bicyclic) bond motifs is 3. The van der Waals surface area contributed by atoms with Gasteiger partial charge in [-0.3, -0.25) is 9.79 Å². The molecule has 2 fully saturated rings.